The molecule has 1 fully saturated rings. The van der Waals surface area contributed by atoms with Crippen LogP contribution >= 0.6 is 0 Å². The van der Waals surface area contributed by atoms with Crippen LogP contribution in [0.5, 0.6) is 0 Å². The fraction of sp³-hybridized carbons (Fsp3) is 0.320. The van der Waals surface area contributed by atoms with E-state index in [1.807, 2.05) is 31.2 Å². The quantitative estimate of drug-likeness (QED) is 0.444. The number of benzene rings is 1. The second kappa shape index (κ2) is 8.39. The Hall–Kier alpha value is -3.46. The zero-order chi connectivity index (χ0) is 24.0. The summed E-state index contributed by atoms with van der Waals surface area (Å²) in [6, 6.07) is 12.7. The third-order valence-corrected chi connectivity index (χ3v) is 7.99. The molecule has 0 spiro atoms. The van der Waals surface area contributed by atoms with Gasteiger partial charge in [0.15, 0.2) is 21.2 Å². The summed E-state index contributed by atoms with van der Waals surface area (Å²) in [6.45, 7) is 6.05. The lowest BCUT2D eigenvalue weighted by atomic mass is 10.0. The average Bonchev–Trinajstić information content (AvgIpc) is 3.53. The van der Waals surface area contributed by atoms with Crippen molar-refractivity contribution in [3.8, 4) is 11.5 Å². The smallest absolute Gasteiger partial charge is 0.256 e. The number of pyridine rings is 1. The topological polar surface area (TPSA) is 107 Å². The molecule has 0 radical (unpaired) electrons. The number of sulfone groups is 1. The maximum Gasteiger partial charge on any atom is 0.256 e. The predicted molar refractivity (Wildman–Crippen MR) is 131 cm³/mol. The fourth-order valence-electron chi connectivity index (χ4n) is 4.42. The monoisotopic (exact) mass is 478 g/mol. The third-order valence-electron chi connectivity index (χ3n) is 6.24. The van der Waals surface area contributed by atoms with Crippen molar-refractivity contribution in [2.75, 3.05) is 16.8 Å². The van der Waals surface area contributed by atoms with E-state index in [9.17, 15) is 13.2 Å². The number of hydrogen-bond donors (Lipinski definition) is 1. The number of fused-ring (bicyclic) bond motifs is 1. The maximum absolute atomic E-state index is 13.5. The standard InChI is InChI=1S/C25H26N4O4S/c1-15(2)17-6-8-18(9-7-17)26-25(30)20-13-21(22-5-4-11-33-22)27-24-23(20)16(3)28-29(24)19-10-12-34(31,32)14-19/h4-9,11,13,15,19H,10,12,14H2,1-3H3,(H,26,30). The van der Waals surface area contributed by atoms with Crippen LogP contribution in [0.15, 0.2) is 53.1 Å². The number of nitrogens with one attached hydrogen (secondary N) is 1. The summed E-state index contributed by atoms with van der Waals surface area (Å²) in [5, 5.41) is 8.21. The molecule has 1 unspecified atom stereocenters. The molecular weight excluding hydrogens is 452 g/mol. The van der Waals surface area contributed by atoms with Gasteiger partial charge in [0, 0.05) is 5.69 Å². The van der Waals surface area contributed by atoms with Gasteiger partial charge in [0.1, 0.15) is 5.69 Å². The summed E-state index contributed by atoms with van der Waals surface area (Å²) in [6.07, 6.45) is 2.01. The van der Waals surface area contributed by atoms with Gasteiger partial charge in [-0.05, 0) is 55.2 Å². The Balaban J connectivity index is 1.61. The van der Waals surface area contributed by atoms with Crippen LogP contribution < -0.4 is 5.32 Å². The summed E-state index contributed by atoms with van der Waals surface area (Å²) in [5.74, 6) is 0.754. The number of rotatable bonds is 5. The van der Waals surface area contributed by atoms with Crippen LogP contribution in [0.1, 0.15) is 53.8 Å². The van der Waals surface area contributed by atoms with Crippen LogP contribution in [-0.2, 0) is 9.84 Å². The number of aryl methyl sites for hydroxylation is 1. The van der Waals surface area contributed by atoms with Gasteiger partial charge in [-0.1, -0.05) is 26.0 Å². The molecular formula is C25H26N4O4S. The van der Waals surface area contributed by atoms with E-state index in [0.717, 1.165) is 0 Å². The first-order valence-corrected chi connectivity index (χ1v) is 13.1. The highest BCUT2D eigenvalue weighted by atomic mass is 32.2. The number of hydrogen-bond acceptors (Lipinski definition) is 6. The number of carbonyl (C=O) groups excluding carboxylic acids is 1. The van der Waals surface area contributed by atoms with Crippen molar-refractivity contribution >= 4 is 32.5 Å². The Kier molecular flexibility index (Phi) is 5.51. The molecule has 4 aromatic rings. The highest BCUT2D eigenvalue weighted by Crippen LogP contribution is 2.32. The minimum Gasteiger partial charge on any atom is -0.463 e. The van der Waals surface area contributed by atoms with Gasteiger partial charge in [0.05, 0.1) is 40.5 Å². The first kappa shape index (κ1) is 22.3. The molecule has 1 amide bonds. The Morgan fingerprint density at radius 3 is 2.59 bits per heavy atom. The minimum absolute atomic E-state index is 0.0135. The molecule has 1 aliphatic heterocycles. The van der Waals surface area contributed by atoms with Crippen molar-refractivity contribution in [1.82, 2.24) is 14.8 Å². The SMILES string of the molecule is Cc1nn(C2CCS(=O)(=O)C2)c2nc(-c3ccco3)cc(C(=O)Nc3ccc(C(C)C)cc3)c12. The van der Waals surface area contributed by atoms with Crippen LogP contribution in [-0.4, -0.2) is 40.6 Å². The Bertz CT molecular complexity index is 1470. The Morgan fingerprint density at radius 1 is 1.21 bits per heavy atom. The van der Waals surface area contributed by atoms with E-state index in [2.05, 4.69) is 24.3 Å². The van der Waals surface area contributed by atoms with E-state index in [-0.39, 0.29) is 23.5 Å². The molecule has 1 aromatic carbocycles. The number of aromatic nitrogens is 3. The molecule has 34 heavy (non-hydrogen) atoms. The molecule has 5 rings (SSSR count). The number of carbonyl (C=O) groups is 1. The predicted octanol–water partition coefficient (Wildman–Crippen LogP) is 4.74. The minimum atomic E-state index is -3.12. The molecule has 3 aromatic heterocycles. The van der Waals surface area contributed by atoms with Gasteiger partial charge in [-0.25, -0.2) is 18.1 Å². The van der Waals surface area contributed by atoms with Crippen LogP contribution in [0.3, 0.4) is 0 Å². The summed E-state index contributed by atoms with van der Waals surface area (Å²) in [5.41, 5.74) is 3.87. The van der Waals surface area contributed by atoms with E-state index in [0.29, 0.717) is 51.8 Å². The van der Waals surface area contributed by atoms with E-state index in [1.165, 1.54) is 5.56 Å². The van der Waals surface area contributed by atoms with E-state index < -0.39 is 9.84 Å². The largest absolute Gasteiger partial charge is 0.463 e. The van der Waals surface area contributed by atoms with Crippen molar-refractivity contribution < 1.29 is 17.6 Å². The Morgan fingerprint density at radius 2 is 1.97 bits per heavy atom. The second-order valence-electron chi connectivity index (χ2n) is 9.05. The highest BCUT2D eigenvalue weighted by Gasteiger charge is 2.32. The van der Waals surface area contributed by atoms with E-state index in [1.54, 1.807) is 29.1 Å². The van der Waals surface area contributed by atoms with Crippen molar-refractivity contribution in [3.05, 3.63) is 65.5 Å². The fourth-order valence-corrected chi connectivity index (χ4v) is 6.11. The second-order valence-corrected chi connectivity index (χ2v) is 11.3. The molecule has 176 valence electrons. The molecule has 1 atom stereocenters. The van der Waals surface area contributed by atoms with Gasteiger partial charge in [0.25, 0.3) is 5.91 Å². The van der Waals surface area contributed by atoms with Crippen LogP contribution in [0.25, 0.3) is 22.5 Å². The van der Waals surface area contributed by atoms with Crippen molar-refractivity contribution in [2.24, 2.45) is 0 Å². The number of nitrogens with zero attached hydrogens (tertiary/aromatic N) is 3. The van der Waals surface area contributed by atoms with Gasteiger partial charge in [-0.2, -0.15) is 5.10 Å². The van der Waals surface area contributed by atoms with Crippen molar-refractivity contribution in [2.45, 2.75) is 39.2 Å². The normalized spacial score (nSPS) is 17.5. The van der Waals surface area contributed by atoms with Crippen molar-refractivity contribution in [3.63, 3.8) is 0 Å². The number of anilines is 1. The average molecular weight is 479 g/mol. The van der Waals surface area contributed by atoms with Gasteiger partial charge in [-0.15, -0.1) is 0 Å². The number of furan rings is 1. The molecule has 1 N–H and O–H groups in total. The van der Waals surface area contributed by atoms with E-state index in [4.69, 9.17) is 9.40 Å². The summed E-state index contributed by atoms with van der Waals surface area (Å²) in [4.78, 5) is 18.2. The molecule has 1 aliphatic rings. The molecule has 1 saturated heterocycles. The van der Waals surface area contributed by atoms with Gasteiger partial charge < -0.3 is 9.73 Å². The van der Waals surface area contributed by atoms with Crippen LogP contribution in [0, 0.1) is 6.92 Å². The molecule has 0 bridgehead atoms. The van der Waals surface area contributed by atoms with Crippen LogP contribution in [0.2, 0.25) is 0 Å². The zero-order valence-corrected chi connectivity index (χ0v) is 20.1. The van der Waals surface area contributed by atoms with Gasteiger partial charge in [0.2, 0.25) is 0 Å². The molecule has 0 aliphatic carbocycles. The first-order chi connectivity index (χ1) is 16.2. The van der Waals surface area contributed by atoms with E-state index >= 15 is 0 Å². The van der Waals surface area contributed by atoms with Crippen LogP contribution in [0.4, 0.5) is 5.69 Å². The lowest BCUT2D eigenvalue weighted by Gasteiger charge is -2.12. The molecule has 0 saturated carbocycles. The summed E-state index contributed by atoms with van der Waals surface area (Å²) < 4.78 is 31.4. The van der Waals surface area contributed by atoms with Gasteiger partial charge >= 0.3 is 0 Å². The summed E-state index contributed by atoms with van der Waals surface area (Å²) in [7, 11) is -3.12. The lowest BCUT2D eigenvalue weighted by molar-refractivity contribution is 0.102. The lowest BCUT2D eigenvalue weighted by Crippen LogP contribution is -2.15. The molecule has 4 heterocycles. The highest BCUT2D eigenvalue weighted by molar-refractivity contribution is 7.91. The zero-order valence-electron chi connectivity index (χ0n) is 19.3. The Labute approximate surface area is 197 Å². The summed E-state index contributed by atoms with van der Waals surface area (Å²) >= 11 is 0. The third kappa shape index (κ3) is 4.11. The first-order valence-electron chi connectivity index (χ1n) is 11.3. The van der Waals surface area contributed by atoms with Crippen molar-refractivity contribution in [1.29, 1.82) is 0 Å². The molecule has 9 heteroatoms. The number of amides is 1. The maximum atomic E-state index is 13.5. The van der Waals surface area contributed by atoms with Gasteiger partial charge in [-0.3, -0.25) is 4.79 Å². The molecule has 8 nitrogen and oxygen atoms in total.